The van der Waals surface area contributed by atoms with Gasteiger partial charge in [0.25, 0.3) is 5.91 Å². The molecule has 1 aromatic heterocycles. The molecule has 0 spiro atoms. The molecule has 2 amide bonds. The van der Waals surface area contributed by atoms with Crippen molar-refractivity contribution in [3.8, 4) is 0 Å². The first-order valence-corrected chi connectivity index (χ1v) is 9.40. The fourth-order valence-corrected chi connectivity index (χ4v) is 3.70. The standard InChI is InChI=1S/C19H28N4O2/c1-15(24)22-8-10-23(11-9-22)19(25)16-12-18(14-20-13-16)21-17-6-4-2-3-5-7-17/h12-14,17,21H,2-11H2,1H3. The van der Waals surface area contributed by atoms with Crippen LogP contribution in [-0.4, -0.2) is 58.8 Å². The van der Waals surface area contributed by atoms with E-state index in [1.165, 1.54) is 38.5 Å². The molecule has 2 fully saturated rings. The summed E-state index contributed by atoms with van der Waals surface area (Å²) >= 11 is 0. The van der Waals surface area contributed by atoms with Crippen LogP contribution in [0.4, 0.5) is 5.69 Å². The van der Waals surface area contributed by atoms with Gasteiger partial charge in [-0.2, -0.15) is 0 Å². The summed E-state index contributed by atoms with van der Waals surface area (Å²) in [6.07, 6.45) is 11.0. The normalized spacial score (nSPS) is 19.4. The Balaban J connectivity index is 1.60. The van der Waals surface area contributed by atoms with Crippen LogP contribution < -0.4 is 5.32 Å². The van der Waals surface area contributed by atoms with E-state index in [2.05, 4.69) is 10.3 Å². The molecule has 1 N–H and O–H groups in total. The third-order valence-electron chi connectivity index (χ3n) is 5.22. The fraction of sp³-hybridized carbons (Fsp3) is 0.632. The second kappa shape index (κ2) is 8.32. The van der Waals surface area contributed by atoms with Crippen molar-refractivity contribution in [3.05, 3.63) is 24.0 Å². The number of hydrogen-bond acceptors (Lipinski definition) is 4. The van der Waals surface area contributed by atoms with Crippen molar-refractivity contribution in [2.75, 3.05) is 31.5 Å². The van der Waals surface area contributed by atoms with Gasteiger partial charge in [0, 0.05) is 51.5 Å². The van der Waals surface area contributed by atoms with Crippen LogP contribution in [0.1, 0.15) is 55.8 Å². The lowest BCUT2D eigenvalue weighted by atomic mass is 10.1. The summed E-state index contributed by atoms with van der Waals surface area (Å²) < 4.78 is 0. The Morgan fingerprint density at radius 2 is 1.64 bits per heavy atom. The number of carbonyl (C=O) groups is 2. The van der Waals surface area contributed by atoms with Crippen molar-refractivity contribution in [3.63, 3.8) is 0 Å². The summed E-state index contributed by atoms with van der Waals surface area (Å²) in [7, 11) is 0. The molecule has 0 bridgehead atoms. The lowest BCUT2D eigenvalue weighted by molar-refractivity contribution is -0.130. The van der Waals surface area contributed by atoms with Crippen molar-refractivity contribution >= 4 is 17.5 Å². The van der Waals surface area contributed by atoms with E-state index in [4.69, 9.17) is 0 Å². The highest BCUT2D eigenvalue weighted by molar-refractivity contribution is 5.95. The fourth-order valence-electron chi connectivity index (χ4n) is 3.70. The molecule has 2 heterocycles. The van der Waals surface area contributed by atoms with Gasteiger partial charge in [0.05, 0.1) is 11.3 Å². The van der Waals surface area contributed by atoms with E-state index >= 15 is 0 Å². The summed E-state index contributed by atoms with van der Waals surface area (Å²) in [5.74, 6) is 0.0728. The minimum atomic E-state index is 0.000202. The molecule has 6 nitrogen and oxygen atoms in total. The van der Waals surface area contributed by atoms with Crippen LogP contribution in [0.3, 0.4) is 0 Å². The van der Waals surface area contributed by atoms with Crippen molar-refractivity contribution in [1.29, 1.82) is 0 Å². The molecule has 1 saturated heterocycles. The maximum Gasteiger partial charge on any atom is 0.255 e. The molecule has 0 aromatic carbocycles. The van der Waals surface area contributed by atoms with Gasteiger partial charge in [-0.3, -0.25) is 14.6 Å². The van der Waals surface area contributed by atoms with Crippen LogP contribution >= 0.6 is 0 Å². The van der Waals surface area contributed by atoms with E-state index in [0.717, 1.165) is 5.69 Å². The largest absolute Gasteiger partial charge is 0.381 e. The number of piperazine rings is 1. The maximum absolute atomic E-state index is 12.7. The molecule has 6 heteroatoms. The molecule has 1 saturated carbocycles. The molecule has 2 aliphatic rings. The molecule has 0 atom stereocenters. The van der Waals surface area contributed by atoms with Gasteiger partial charge in [0.15, 0.2) is 0 Å². The predicted molar refractivity (Wildman–Crippen MR) is 97.5 cm³/mol. The highest BCUT2D eigenvalue weighted by Crippen LogP contribution is 2.21. The molecular formula is C19H28N4O2. The first-order valence-electron chi connectivity index (χ1n) is 9.40. The van der Waals surface area contributed by atoms with Crippen molar-refractivity contribution in [2.24, 2.45) is 0 Å². The van der Waals surface area contributed by atoms with Gasteiger partial charge >= 0.3 is 0 Å². The number of amides is 2. The van der Waals surface area contributed by atoms with Gasteiger partial charge in [-0.25, -0.2) is 0 Å². The third kappa shape index (κ3) is 4.71. The van der Waals surface area contributed by atoms with Crippen LogP contribution in [0.2, 0.25) is 0 Å². The van der Waals surface area contributed by atoms with Crippen LogP contribution in [0.25, 0.3) is 0 Å². The van der Waals surface area contributed by atoms with E-state index < -0.39 is 0 Å². The van der Waals surface area contributed by atoms with Gasteiger partial charge in [0.2, 0.25) is 5.91 Å². The average molecular weight is 344 g/mol. The Morgan fingerprint density at radius 3 is 2.28 bits per heavy atom. The molecule has 3 rings (SSSR count). The third-order valence-corrected chi connectivity index (χ3v) is 5.22. The van der Waals surface area contributed by atoms with Crippen LogP contribution in [-0.2, 0) is 4.79 Å². The summed E-state index contributed by atoms with van der Waals surface area (Å²) in [5.41, 5.74) is 1.55. The molecule has 1 aliphatic heterocycles. The summed E-state index contributed by atoms with van der Waals surface area (Å²) in [6.45, 7) is 3.95. The zero-order valence-corrected chi connectivity index (χ0v) is 15.0. The quantitative estimate of drug-likeness (QED) is 0.856. The Bertz CT molecular complexity index is 603. The molecule has 25 heavy (non-hydrogen) atoms. The molecule has 1 aromatic rings. The Labute approximate surface area is 149 Å². The second-order valence-electron chi connectivity index (χ2n) is 7.09. The molecular weight excluding hydrogens is 316 g/mol. The zero-order chi connectivity index (χ0) is 17.6. The van der Waals surface area contributed by atoms with E-state index in [1.54, 1.807) is 24.2 Å². The number of pyridine rings is 1. The Morgan fingerprint density at radius 1 is 1.00 bits per heavy atom. The topological polar surface area (TPSA) is 65.5 Å². The van der Waals surface area contributed by atoms with Gasteiger partial charge in [-0.05, 0) is 18.9 Å². The maximum atomic E-state index is 12.7. The predicted octanol–water partition coefficient (Wildman–Crippen LogP) is 2.52. The van der Waals surface area contributed by atoms with Crippen molar-refractivity contribution < 1.29 is 9.59 Å². The van der Waals surface area contributed by atoms with Gasteiger partial charge in [-0.1, -0.05) is 25.7 Å². The smallest absolute Gasteiger partial charge is 0.255 e. The second-order valence-corrected chi connectivity index (χ2v) is 7.09. The van der Waals surface area contributed by atoms with E-state index in [1.807, 2.05) is 11.0 Å². The number of nitrogens with zero attached hydrogens (tertiary/aromatic N) is 3. The number of carbonyl (C=O) groups excluding carboxylic acids is 2. The Kier molecular flexibility index (Phi) is 5.89. The van der Waals surface area contributed by atoms with Crippen molar-refractivity contribution in [2.45, 2.75) is 51.5 Å². The van der Waals surface area contributed by atoms with Crippen molar-refractivity contribution in [1.82, 2.24) is 14.8 Å². The van der Waals surface area contributed by atoms with Crippen LogP contribution in [0, 0.1) is 0 Å². The highest BCUT2D eigenvalue weighted by Gasteiger charge is 2.23. The lowest BCUT2D eigenvalue weighted by Crippen LogP contribution is -2.50. The molecule has 136 valence electrons. The molecule has 1 aliphatic carbocycles. The van der Waals surface area contributed by atoms with Gasteiger partial charge in [0.1, 0.15) is 0 Å². The number of anilines is 1. The minimum absolute atomic E-state index is 0.000202. The van der Waals surface area contributed by atoms with E-state index in [9.17, 15) is 9.59 Å². The van der Waals surface area contributed by atoms with E-state index in [0.29, 0.717) is 37.8 Å². The minimum Gasteiger partial charge on any atom is -0.381 e. The van der Waals surface area contributed by atoms with E-state index in [-0.39, 0.29) is 11.8 Å². The monoisotopic (exact) mass is 344 g/mol. The van der Waals surface area contributed by atoms with Gasteiger partial charge in [-0.15, -0.1) is 0 Å². The number of hydrogen-bond donors (Lipinski definition) is 1. The summed E-state index contributed by atoms with van der Waals surface area (Å²) in [4.78, 5) is 32.0. The van der Waals surface area contributed by atoms with Crippen LogP contribution in [0.5, 0.6) is 0 Å². The zero-order valence-electron chi connectivity index (χ0n) is 15.0. The highest BCUT2D eigenvalue weighted by atomic mass is 16.2. The number of aromatic nitrogens is 1. The first kappa shape index (κ1) is 17.7. The van der Waals surface area contributed by atoms with Gasteiger partial charge < -0.3 is 15.1 Å². The Hall–Kier alpha value is -2.11. The number of nitrogens with one attached hydrogen (secondary N) is 1. The molecule has 0 unspecified atom stereocenters. The number of rotatable bonds is 3. The summed E-state index contributed by atoms with van der Waals surface area (Å²) in [5, 5.41) is 3.55. The lowest BCUT2D eigenvalue weighted by Gasteiger charge is -2.34. The molecule has 0 radical (unpaired) electrons. The first-order chi connectivity index (χ1) is 12.1. The van der Waals surface area contributed by atoms with Crippen LogP contribution in [0.15, 0.2) is 18.5 Å². The average Bonchev–Trinajstić information content (AvgIpc) is 2.90. The SMILES string of the molecule is CC(=O)N1CCN(C(=O)c2cncc(NC3CCCCCC3)c2)CC1. The summed E-state index contributed by atoms with van der Waals surface area (Å²) in [6, 6.07) is 2.39.